The molecule has 0 amide bonds. The average Bonchev–Trinajstić information content (AvgIpc) is 2.10. The molecule has 0 spiro atoms. The standard InChI is InChI=1S/C11H24O3Si/c1-6-11(2,3)10(12)14-8-7-9-15(4,5)13/h13H,6-9H2,1-5H3. The van der Waals surface area contributed by atoms with Gasteiger partial charge in [0, 0.05) is 0 Å². The van der Waals surface area contributed by atoms with E-state index in [1.165, 1.54) is 0 Å². The van der Waals surface area contributed by atoms with Gasteiger partial charge in [0.25, 0.3) is 0 Å². The molecule has 0 bridgehead atoms. The highest BCUT2D eigenvalue weighted by molar-refractivity contribution is 6.69. The normalized spacial score (nSPS) is 12.7. The maximum absolute atomic E-state index is 11.5. The van der Waals surface area contributed by atoms with Crippen LogP contribution in [0.5, 0.6) is 0 Å². The van der Waals surface area contributed by atoms with E-state index in [1.807, 2.05) is 33.9 Å². The van der Waals surface area contributed by atoms with Crippen molar-refractivity contribution >= 4 is 14.3 Å². The van der Waals surface area contributed by atoms with Crippen LogP contribution < -0.4 is 0 Å². The van der Waals surface area contributed by atoms with Crippen LogP contribution in [0.25, 0.3) is 0 Å². The molecule has 1 N–H and O–H groups in total. The van der Waals surface area contributed by atoms with Crippen LogP contribution in [0.1, 0.15) is 33.6 Å². The van der Waals surface area contributed by atoms with Crippen molar-refractivity contribution in [2.75, 3.05) is 6.61 Å². The molecule has 0 heterocycles. The van der Waals surface area contributed by atoms with Crippen LogP contribution in [0.4, 0.5) is 0 Å². The molecule has 90 valence electrons. The van der Waals surface area contributed by atoms with Gasteiger partial charge in [-0.3, -0.25) is 4.79 Å². The number of hydrogen-bond donors (Lipinski definition) is 1. The highest BCUT2D eigenvalue weighted by atomic mass is 28.4. The summed E-state index contributed by atoms with van der Waals surface area (Å²) < 4.78 is 5.17. The van der Waals surface area contributed by atoms with E-state index in [2.05, 4.69) is 0 Å². The lowest BCUT2D eigenvalue weighted by Gasteiger charge is -2.20. The molecule has 3 nitrogen and oxygen atoms in total. The lowest BCUT2D eigenvalue weighted by molar-refractivity contribution is -0.154. The van der Waals surface area contributed by atoms with E-state index in [4.69, 9.17) is 4.74 Å². The quantitative estimate of drug-likeness (QED) is 0.435. The molecule has 15 heavy (non-hydrogen) atoms. The molecule has 0 aromatic heterocycles. The Morgan fingerprint density at radius 2 is 1.93 bits per heavy atom. The van der Waals surface area contributed by atoms with Gasteiger partial charge < -0.3 is 9.53 Å². The van der Waals surface area contributed by atoms with E-state index in [9.17, 15) is 9.59 Å². The summed E-state index contributed by atoms with van der Waals surface area (Å²) in [6.07, 6.45) is 1.55. The van der Waals surface area contributed by atoms with E-state index < -0.39 is 8.32 Å². The second-order valence-electron chi connectivity index (χ2n) is 5.29. The average molecular weight is 232 g/mol. The molecule has 0 saturated heterocycles. The summed E-state index contributed by atoms with van der Waals surface area (Å²) in [4.78, 5) is 21.1. The summed E-state index contributed by atoms with van der Waals surface area (Å²) in [5.41, 5.74) is -0.383. The van der Waals surface area contributed by atoms with Gasteiger partial charge in [-0.25, -0.2) is 0 Å². The number of rotatable bonds is 6. The van der Waals surface area contributed by atoms with Gasteiger partial charge in [-0.15, -0.1) is 0 Å². The maximum Gasteiger partial charge on any atom is 0.311 e. The summed E-state index contributed by atoms with van der Waals surface area (Å²) in [7, 11) is -1.97. The number of esters is 1. The van der Waals surface area contributed by atoms with Crippen LogP contribution in [0, 0.1) is 5.41 Å². The first-order valence-corrected chi connectivity index (χ1v) is 8.74. The van der Waals surface area contributed by atoms with Gasteiger partial charge in [0.1, 0.15) is 0 Å². The Bertz CT molecular complexity index is 206. The zero-order chi connectivity index (χ0) is 12.1. The highest BCUT2D eigenvalue weighted by Crippen LogP contribution is 2.21. The van der Waals surface area contributed by atoms with Crippen molar-refractivity contribution in [2.45, 2.75) is 52.8 Å². The molecule has 0 fully saturated rings. The molecule has 0 aliphatic carbocycles. The Balaban J connectivity index is 3.74. The van der Waals surface area contributed by atoms with Gasteiger partial charge in [0.05, 0.1) is 12.0 Å². The fraction of sp³-hybridized carbons (Fsp3) is 0.909. The van der Waals surface area contributed by atoms with Crippen molar-refractivity contribution in [2.24, 2.45) is 5.41 Å². The van der Waals surface area contributed by atoms with Gasteiger partial charge in [-0.1, -0.05) is 6.92 Å². The first kappa shape index (κ1) is 14.6. The Kier molecular flexibility index (Phi) is 5.52. The third kappa shape index (κ3) is 6.68. The summed E-state index contributed by atoms with van der Waals surface area (Å²) >= 11 is 0. The van der Waals surface area contributed by atoms with Crippen molar-refractivity contribution < 1.29 is 14.3 Å². The fourth-order valence-corrected chi connectivity index (χ4v) is 2.02. The maximum atomic E-state index is 11.5. The molecule has 0 radical (unpaired) electrons. The monoisotopic (exact) mass is 232 g/mol. The smallest absolute Gasteiger partial charge is 0.311 e. The Labute approximate surface area is 94.0 Å². The van der Waals surface area contributed by atoms with Gasteiger partial charge in [0.2, 0.25) is 0 Å². The molecular formula is C11H24O3Si. The molecule has 0 unspecified atom stereocenters. The lowest BCUT2D eigenvalue weighted by Crippen LogP contribution is -2.28. The van der Waals surface area contributed by atoms with Crippen molar-refractivity contribution in [3.05, 3.63) is 0 Å². The minimum absolute atomic E-state index is 0.137. The van der Waals surface area contributed by atoms with Gasteiger partial charge >= 0.3 is 5.97 Å². The van der Waals surface area contributed by atoms with Crippen LogP contribution in [-0.2, 0) is 9.53 Å². The van der Waals surface area contributed by atoms with Gasteiger partial charge in [0.15, 0.2) is 8.32 Å². The van der Waals surface area contributed by atoms with Gasteiger partial charge in [-0.2, -0.15) is 0 Å². The molecule has 0 aliphatic rings. The highest BCUT2D eigenvalue weighted by Gasteiger charge is 2.27. The lowest BCUT2D eigenvalue weighted by atomic mass is 9.91. The topological polar surface area (TPSA) is 46.5 Å². The number of ether oxygens (including phenoxy) is 1. The zero-order valence-corrected chi connectivity index (χ0v) is 11.6. The van der Waals surface area contributed by atoms with Crippen molar-refractivity contribution in [1.82, 2.24) is 0 Å². The van der Waals surface area contributed by atoms with Crippen molar-refractivity contribution in [3.8, 4) is 0 Å². The van der Waals surface area contributed by atoms with Crippen LogP contribution in [0.2, 0.25) is 19.1 Å². The van der Waals surface area contributed by atoms with Crippen LogP contribution in [0.3, 0.4) is 0 Å². The molecule has 0 atom stereocenters. The first-order valence-electron chi connectivity index (χ1n) is 5.58. The number of hydrogen-bond acceptors (Lipinski definition) is 3. The van der Waals surface area contributed by atoms with E-state index >= 15 is 0 Å². The first-order chi connectivity index (χ1) is 6.69. The molecule has 0 rings (SSSR count). The summed E-state index contributed by atoms with van der Waals surface area (Å²) in [5, 5.41) is 0. The van der Waals surface area contributed by atoms with Crippen LogP contribution in [-0.4, -0.2) is 25.7 Å². The molecule has 4 heteroatoms. The number of carbonyl (C=O) groups is 1. The minimum Gasteiger partial charge on any atom is -0.465 e. The van der Waals surface area contributed by atoms with E-state index in [0.29, 0.717) is 6.61 Å². The van der Waals surface area contributed by atoms with E-state index in [0.717, 1.165) is 18.9 Å². The van der Waals surface area contributed by atoms with Crippen LogP contribution in [0.15, 0.2) is 0 Å². The van der Waals surface area contributed by atoms with E-state index in [1.54, 1.807) is 0 Å². The summed E-state index contributed by atoms with van der Waals surface area (Å²) in [6, 6.07) is 0.785. The predicted octanol–water partition coefficient (Wildman–Crippen LogP) is 2.55. The molecule has 0 aromatic rings. The zero-order valence-electron chi connectivity index (χ0n) is 10.6. The molecule has 0 aromatic carbocycles. The third-order valence-electron chi connectivity index (χ3n) is 2.60. The fourth-order valence-electron chi connectivity index (χ4n) is 1.01. The predicted molar refractivity (Wildman–Crippen MR) is 64.2 cm³/mol. The Morgan fingerprint density at radius 1 is 1.40 bits per heavy atom. The second kappa shape index (κ2) is 5.65. The number of carbonyl (C=O) groups excluding carboxylic acids is 1. The van der Waals surface area contributed by atoms with Crippen molar-refractivity contribution in [3.63, 3.8) is 0 Å². The molecule has 0 aliphatic heterocycles. The molecule has 0 saturated carbocycles. The molecular weight excluding hydrogens is 208 g/mol. The Morgan fingerprint density at radius 3 is 2.33 bits per heavy atom. The second-order valence-corrected chi connectivity index (χ2v) is 9.41. The SMILES string of the molecule is CCC(C)(C)C(=O)OCCC[Si](C)(C)O. The minimum atomic E-state index is -1.97. The largest absolute Gasteiger partial charge is 0.465 e. The summed E-state index contributed by atoms with van der Waals surface area (Å²) in [6.45, 7) is 9.97. The van der Waals surface area contributed by atoms with E-state index in [-0.39, 0.29) is 11.4 Å². The summed E-state index contributed by atoms with van der Waals surface area (Å²) in [5.74, 6) is -0.137. The Hall–Kier alpha value is -0.353. The third-order valence-corrected chi connectivity index (χ3v) is 4.18. The van der Waals surface area contributed by atoms with Crippen LogP contribution >= 0.6 is 0 Å². The van der Waals surface area contributed by atoms with Crippen molar-refractivity contribution in [1.29, 1.82) is 0 Å². The van der Waals surface area contributed by atoms with Gasteiger partial charge in [-0.05, 0) is 45.8 Å².